The van der Waals surface area contributed by atoms with Gasteiger partial charge >= 0.3 is 5.97 Å². The van der Waals surface area contributed by atoms with E-state index >= 15 is 0 Å². The van der Waals surface area contributed by atoms with Gasteiger partial charge in [0.05, 0.1) is 0 Å². The number of hydrogen-bond acceptors (Lipinski definition) is 4. The fraction of sp³-hybridized carbons (Fsp3) is 0.571. The molecule has 1 N–H and O–H groups in total. The molecule has 1 aliphatic carbocycles. The summed E-state index contributed by atoms with van der Waals surface area (Å²) in [6, 6.07) is 1.90. The number of esters is 1. The maximum absolute atomic E-state index is 11.8. The van der Waals surface area contributed by atoms with Gasteiger partial charge in [0.1, 0.15) is 4.88 Å². The second kappa shape index (κ2) is 6.19. The second-order valence-electron chi connectivity index (χ2n) is 5.19. The predicted molar refractivity (Wildman–Crippen MR) is 74.5 cm³/mol. The molecule has 0 bridgehead atoms. The number of aryl methyl sites for hydroxylation is 2. The molecular formula is C14H19NO3S. The third kappa shape index (κ3) is 3.80. The van der Waals surface area contributed by atoms with Crippen LogP contribution in [0.5, 0.6) is 0 Å². The molecule has 1 aromatic heterocycles. The lowest BCUT2D eigenvalue weighted by Crippen LogP contribution is -2.31. The van der Waals surface area contributed by atoms with E-state index in [9.17, 15) is 9.59 Å². The lowest BCUT2D eigenvalue weighted by atomic mass is 10.2. The number of carbonyl (C=O) groups is 2. The van der Waals surface area contributed by atoms with Crippen molar-refractivity contribution in [1.82, 2.24) is 5.32 Å². The SMILES string of the molecule is CC(C)CNC(=O)COC(=O)c1cc2c(s1)CCC2. The smallest absolute Gasteiger partial charge is 0.348 e. The van der Waals surface area contributed by atoms with Gasteiger partial charge in [-0.2, -0.15) is 0 Å². The van der Waals surface area contributed by atoms with E-state index < -0.39 is 0 Å². The number of thiophene rings is 1. The van der Waals surface area contributed by atoms with Crippen LogP contribution in [0.4, 0.5) is 0 Å². The number of carbonyl (C=O) groups excluding carboxylic acids is 2. The van der Waals surface area contributed by atoms with Crippen molar-refractivity contribution in [3.8, 4) is 0 Å². The van der Waals surface area contributed by atoms with E-state index in [0.717, 1.165) is 12.8 Å². The monoisotopic (exact) mass is 281 g/mol. The third-order valence-electron chi connectivity index (χ3n) is 2.99. The molecule has 1 aliphatic rings. The van der Waals surface area contributed by atoms with Crippen LogP contribution in [0.3, 0.4) is 0 Å². The Kier molecular flexibility index (Phi) is 4.58. The van der Waals surface area contributed by atoms with Crippen molar-refractivity contribution in [3.05, 3.63) is 21.4 Å². The lowest BCUT2D eigenvalue weighted by molar-refractivity contribution is -0.124. The zero-order chi connectivity index (χ0) is 13.8. The van der Waals surface area contributed by atoms with Crippen LogP contribution in [-0.4, -0.2) is 25.0 Å². The highest BCUT2D eigenvalue weighted by Crippen LogP contribution is 2.30. The quantitative estimate of drug-likeness (QED) is 0.842. The third-order valence-corrected chi connectivity index (χ3v) is 4.21. The van der Waals surface area contributed by atoms with Crippen LogP contribution in [0.15, 0.2) is 6.07 Å². The van der Waals surface area contributed by atoms with Crippen LogP contribution in [-0.2, 0) is 22.4 Å². The average Bonchev–Trinajstić information content (AvgIpc) is 2.93. The summed E-state index contributed by atoms with van der Waals surface area (Å²) in [5, 5.41) is 2.72. The number of nitrogens with one attached hydrogen (secondary N) is 1. The van der Waals surface area contributed by atoms with Gasteiger partial charge in [-0.25, -0.2) is 4.79 Å². The van der Waals surface area contributed by atoms with Crippen LogP contribution < -0.4 is 5.32 Å². The van der Waals surface area contributed by atoms with E-state index in [1.807, 2.05) is 19.9 Å². The van der Waals surface area contributed by atoms with Crippen molar-refractivity contribution in [1.29, 1.82) is 0 Å². The van der Waals surface area contributed by atoms with Crippen LogP contribution in [0.2, 0.25) is 0 Å². The van der Waals surface area contributed by atoms with Gasteiger partial charge in [-0.3, -0.25) is 4.79 Å². The summed E-state index contributed by atoms with van der Waals surface area (Å²) in [6.45, 7) is 4.43. The molecule has 0 aliphatic heterocycles. The summed E-state index contributed by atoms with van der Waals surface area (Å²) in [5.41, 5.74) is 1.27. The molecule has 1 heterocycles. The molecule has 0 atom stereocenters. The normalized spacial score (nSPS) is 13.4. The molecule has 0 saturated heterocycles. The largest absolute Gasteiger partial charge is 0.451 e. The Hall–Kier alpha value is -1.36. The van der Waals surface area contributed by atoms with E-state index in [1.54, 1.807) is 0 Å². The number of fused-ring (bicyclic) bond motifs is 1. The molecule has 0 aromatic carbocycles. The highest BCUT2D eigenvalue weighted by molar-refractivity contribution is 7.14. The first-order valence-electron chi connectivity index (χ1n) is 6.61. The molecule has 0 radical (unpaired) electrons. The molecule has 4 nitrogen and oxygen atoms in total. The topological polar surface area (TPSA) is 55.4 Å². The molecule has 19 heavy (non-hydrogen) atoms. The minimum absolute atomic E-state index is 0.200. The highest BCUT2D eigenvalue weighted by Gasteiger charge is 2.19. The Morgan fingerprint density at radius 2 is 2.21 bits per heavy atom. The average molecular weight is 281 g/mol. The summed E-state index contributed by atoms with van der Waals surface area (Å²) >= 11 is 1.49. The van der Waals surface area contributed by atoms with Crippen molar-refractivity contribution in [2.24, 2.45) is 5.92 Å². The van der Waals surface area contributed by atoms with Gasteiger partial charge in [0, 0.05) is 11.4 Å². The van der Waals surface area contributed by atoms with Crippen LogP contribution in [0.25, 0.3) is 0 Å². The highest BCUT2D eigenvalue weighted by atomic mass is 32.1. The first-order valence-corrected chi connectivity index (χ1v) is 7.43. The zero-order valence-electron chi connectivity index (χ0n) is 11.3. The van der Waals surface area contributed by atoms with E-state index in [2.05, 4.69) is 5.32 Å². The van der Waals surface area contributed by atoms with Crippen LogP contribution in [0, 0.1) is 5.92 Å². The Morgan fingerprint density at radius 1 is 1.42 bits per heavy atom. The zero-order valence-corrected chi connectivity index (χ0v) is 12.1. The van der Waals surface area contributed by atoms with E-state index in [1.165, 1.54) is 28.2 Å². The maximum atomic E-state index is 11.8. The van der Waals surface area contributed by atoms with E-state index in [-0.39, 0.29) is 18.5 Å². The van der Waals surface area contributed by atoms with E-state index in [4.69, 9.17) is 4.74 Å². The van der Waals surface area contributed by atoms with Gasteiger partial charge < -0.3 is 10.1 Å². The summed E-state index contributed by atoms with van der Waals surface area (Å²) < 4.78 is 5.02. The Morgan fingerprint density at radius 3 is 2.89 bits per heavy atom. The molecule has 5 heteroatoms. The molecule has 1 aromatic rings. The van der Waals surface area contributed by atoms with Crippen LogP contribution in [0.1, 0.15) is 40.4 Å². The fourth-order valence-corrected chi connectivity index (χ4v) is 3.15. The summed E-state index contributed by atoms with van der Waals surface area (Å²) in [4.78, 5) is 25.1. The van der Waals surface area contributed by atoms with Gasteiger partial charge in [-0.15, -0.1) is 11.3 Å². The molecular weight excluding hydrogens is 262 g/mol. The first-order chi connectivity index (χ1) is 9.06. The summed E-state index contributed by atoms with van der Waals surface area (Å²) in [5.74, 6) is -0.245. The van der Waals surface area contributed by atoms with E-state index in [0.29, 0.717) is 17.3 Å². The number of rotatable bonds is 5. The number of amides is 1. The van der Waals surface area contributed by atoms with Crippen molar-refractivity contribution in [2.75, 3.05) is 13.2 Å². The number of ether oxygens (including phenoxy) is 1. The van der Waals surface area contributed by atoms with Gasteiger partial charge in [0.25, 0.3) is 5.91 Å². The lowest BCUT2D eigenvalue weighted by Gasteiger charge is -2.07. The minimum atomic E-state index is -0.390. The standard InChI is InChI=1S/C14H19NO3S/c1-9(2)7-15-13(16)8-18-14(17)12-6-10-4-3-5-11(10)19-12/h6,9H,3-5,7-8H2,1-2H3,(H,15,16). The molecule has 104 valence electrons. The Labute approximate surface area is 117 Å². The fourth-order valence-electron chi connectivity index (χ4n) is 2.00. The summed E-state index contributed by atoms with van der Waals surface area (Å²) in [6.07, 6.45) is 3.28. The van der Waals surface area contributed by atoms with Gasteiger partial charge in [0.2, 0.25) is 0 Å². The van der Waals surface area contributed by atoms with Crippen LogP contribution >= 0.6 is 11.3 Å². The van der Waals surface area contributed by atoms with Gasteiger partial charge in [-0.1, -0.05) is 13.8 Å². The summed E-state index contributed by atoms with van der Waals surface area (Å²) in [7, 11) is 0. The molecule has 0 spiro atoms. The molecule has 0 saturated carbocycles. The minimum Gasteiger partial charge on any atom is -0.451 e. The Bertz CT molecular complexity index is 458. The maximum Gasteiger partial charge on any atom is 0.348 e. The van der Waals surface area contributed by atoms with Crippen molar-refractivity contribution in [2.45, 2.75) is 33.1 Å². The second-order valence-corrected chi connectivity index (χ2v) is 6.32. The molecule has 1 amide bonds. The molecule has 2 rings (SSSR count). The van der Waals surface area contributed by atoms with Crippen molar-refractivity contribution < 1.29 is 14.3 Å². The first kappa shape index (κ1) is 14.1. The van der Waals surface area contributed by atoms with Gasteiger partial charge in [0.15, 0.2) is 6.61 Å². The Balaban J connectivity index is 1.79. The van der Waals surface area contributed by atoms with Crippen molar-refractivity contribution in [3.63, 3.8) is 0 Å². The van der Waals surface area contributed by atoms with Gasteiger partial charge in [-0.05, 0) is 36.8 Å². The number of hydrogen-bond donors (Lipinski definition) is 1. The molecule has 0 fully saturated rings. The molecule has 0 unspecified atom stereocenters. The predicted octanol–water partition coefficient (Wildman–Crippen LogP) is 2.17. The van der Waals surface area contributed by atoms with Crippen molar-refractivity contribution >= 4 is 23.2 Å².